The molecule has 0 aliphatic carbocycles. The van der Waals surface area contributed by atoms with Crippen LogP contribution in [-0.2, 0) is 11.2 Å². The summed E-state index contributed by atoms with van der Waals surface area (Å²) in [5.74, 6) is -0.870. The molecular weight excluding hydrogens is 226 g/mol. The maximum absolute atomic E-state index is 11.3. The largest absolute Gasteiger partial charge is 0.481 e. The first kappa shape index (κ1) is 12.3. The van der Waals surface area contributed by atoms with Gasteiger partial charge in [-0.15, -0.1) is 6.58 Å². The normalized spacial score (nSPS) is 14.1. The van der Waals surface area contributed by atoms with Gasteiger partial charge in [-0.1, -0.05) is 30.3 Å². The lowest BCUT2D eigenvalue weighted by Gasteiger charge is -2.20. The molecule has 18 heavy (non-hydrogen) atoms. The van der Waals surface area contributed by atoms with Crippen molar-refractivity contribution >= 4 is 16.9 Å². The van der Waals surface area contributed by atoms with Crippen LogP contribution in [0.1, 0.15) is 12.5 Å². The van der Waals surface area contributed by atoms with Crippen molar-refractivity contribution in [2.75, 3.05) is 0 Å². The van der Waals surface area contributed by atoms with E-state index in [4.69, 9.17) is 0 Å². The molecule has 0 radical (unpaired) electrons. The zero-order valence-electron chi connectivity index (χ0n) is 10.3. The minimum absolute atomic E-state index is 0.389. The molecule has 0 bridgehead atoms. The van der Waals surface area contributed by atoms with Crippen LogP contribution in [0.25, 0.3) is 10.9 Å². The predicted molar refractivity (Wildman–Crippen MR) is 71.4 cm³/mol. The Balaban J connectivity index is 2.49. The quantitative estimate of drug-likeness (QED) is 0.837. The number of rotatable bonds is 4. The number of carboxylic acids is 1. The highest BCUT2D eigenvalue weighted by Gasteiger charge is 2.30. The number of benzene rings is 1. The smallest absolute Gasteiger partial charge is 0.313 e. The molecular formula is C15H15NO2. The fourth-order valence-corrected chi connectivity index (χ4v) is 1.94. The molecule has 1 atom stereocenters. The topological polar surface area (TPSA) is 50.2 Å². The summed E-state index contributed by atoms with van der Waals surface area (Å²) in [4.78, 5) is 15.6. The van der Waals surface area contributed by atoms with Crippen molar-refractivity contribution in [3.63, 3.8) is 0 Å². The fraction of sp³-hybridized carbons (Fsp3) is 0.200. The molecule has 1 aromatic carbocycles. The molecule has 3 heteroatoms. The maximum Gasteiger partial charge on any atom is 0.313 e. The minimum Gasteiger partial charge on any atom is -0.481 e. The van der Waals surface area contributed by atoms with Gasteiger partial charge in [0.15, 0.2) is 0 Å². The summed E-state index contributed by atoms with van der Waals surface area (Å²) in [6, 6.07) is 9.65. The minimum atomic E-state index is -0.966. The molecule has 2 rings (SSSR count). The van der Waals surface area contributed by atoms with Crippen LogP contribution >= 0.6 is 0 Å². The number of hydrogen-bond donors (Lipinski definition) is 1. The Kier molecular flexibility index (Phi) is 3.15. The molecule has 0 amide bonds. The van der Waals surface area contributed by atoms with E-state index >= 15 is 0 Å². The van der Waals surface area contributed by atoms with Crippen molar-refractivity contribution in [1.29, 1.82) is 0 Å². The average Bonchev–Trinajstić information content (AvgIpc) is 2.39. The second kappa shape index (κ2) is 4.61. The lowest BCUT2D eigenvalue weighted by molar-refractivity contribution is -0.145. The number of fused-ring (bicyclic) bond motifs is 1. The number of nitrogens with zero attached hydrogens (tertiary/aromatic N) is 1. The van der Waals surface area contributed by atoms with Gasteiger partial charge in [0.1, 0.15) is 0 Å². The first-order valence-electron chi connectivity index (χ1n) is 5.76. The van der Waals surface area contributed by atoms with Crippen LogP contribution in [0.4, 0.5) is 0 Å². The number of carbonyl (C=O) groups is 1. The van der Waals surface area contributed by atoms with Crippen LogP contribution in [-0.4, -0.2) is 16.1 Å². The van der Waals surface area contributed by atoms with E-state index in [1.54, 1.807) is 13.1 Å². The van der Waals surface area contributed by atoms with Gasteiger partial charge in [0.05, 0.1) is 10.9 Å². The van der Waals surface area contributed by atoms with Gasteiger partial charge in [0, 0.05) is 11.6 Å². The lowest BCUT2D eigenvalue weighted by Crippen LogP contribution is -2.27. The second-order valence-corrected chi connectivity index (χ2v) is 4.60. The van der Waals surface area contributed by atoms with Crippen LogP contribution < -0.4 is 0 Å². The summed E-state index contributed by atoms with van der Waals surface area (Å²) in [6.45, 7) is 5.30. The first-order valence-corrected chi connectivity index (χ1v) is 5.76. The molecule has 0 aliphatic heterocycles. The van der Waals surface area contributed by atoms with E-state index in [1.807, 2.05) is 30.3 Å². The van der Waals surface area contributed by atoms with Crippen LogP contribution in [0.15, 0.2) is 49.2 Å². The summed E-state index contributed by atoms with van der Waals surface area (Å²) < 4.78 is 0. The van der Waals surface area contributed by atoms with Crippen molar-refractivity contribution in [3.8, 4) is 0 Å². The van der Waals surface area contributed by atoms with Crippen molar-refractivity contribution in [1.82, 2.24) is 4.98 Å². The number of aliphatic carboxylic acids is 1. The Morgan fingerprint density at radius 3 is 2.83 bits per heavy atom. The molecule has 1 aromatic heterocycles. The van der Waals surface area contributed by atoms with Crippen molar-refractivity contribution in [2.24, 2.45) is 5.41 Å². The molecule has 0 spiro atoms. The molecule has 0 saturated carbocycles. The number of pyridine rings is 1. The zero-order chi connectivity index (χ0) is 13.2. The summed E-state index contributed by atoms with van der Waals surface area (Å²) in [5.41, 5.74) is 0.818. The van der Waals surface area contributed by atoms with Gasteiger partial charge in [-0.3, -0.25) is 9.78 Å². The van der Waals surface area contributed by atoms with E-state index in [1.165, 1.54) is 6.08 Å². The van der Waals surface area contributed by atoms with Gasteiger partial charge in [0.25, 0.3) is 0 Å². The standard InChI is InChI=1S/C15H15NO2/c1-3-15(2,14(17)18)10-12-7-4-6-11-8-5-9-16-13(11)12/h3-9H,1,10H2,2H3,(H,17,18). The van der Waals surface area contributed by atoms with Crippen LogP contribution in [0, 0.1) is 5.41 Å². The molecule has 0 aliphatic rings. The molecule has 1 N–H and O–H groups in total. The van der Waals surface area contributed by atoms with Crippen LogP contribution in [0.3, 0.4) is 0 Å². The van der Waals surface area contributed by atoms with Gasteiger partial charge >= 0.3 is 5.97 Å². The second-order valence-electron chi connectivity index (χ2n) is 4.60. The summed E-state index contributed by atoms with van der Waals surface area (Å²) >= 11 is 0. The van der Waals surface area contributed by atoms with Crippen molar-refractivity contribution in [3.05, 3.63) is 54.7 Å². The van der Waals surface area contributed by atoms with Gasteiger partial charge in [-0.25, -0.2) is 0 Å². The number of aromatic nitrogens is 1. The molecule has 92 valence electrons. The Hall–Kier alpha value is -2.16. The summed E-state index contributed by atoms with van der Waals surface area (Å²) in [6.07, 6.45) is 3.59. The molecule has 1 heterocycles. The van der Waals surface area contributed by atoms with E-state index in [0.29, 0.717) is 6.42 Å². The van der Waals surface area contributed by atoms with Gasteiger partial charge in [0.2, 0.25) is 0 Å². The number of para-hydroxylation sites is 1. The lowest BCUT2D eigenvalue weighted by atomic mass is 9.83. The third kappa shape index (κ3) is 2.12. The van der Waals surface area contributed by atoms with Gasteiger partial charge in [-0.2, -0.15) is 0 Å². The summed E-state index contributed by atoms with van der Waals surface area (Å²) in [7, 11) is 0. The predicted octanol–water partition coefficient (Wildman–Crippen LogP) is 3.05. The van der Waals surface area contributed by atoms with Crippen molar-refractivity contribution < 1.29 is 9.90 Å². The third-order valence-corrected chi connectivity index (χ3v) is 3.21. The average molecular weight is 241 g/mol. The number of carboxylic acid groups (broad SMARTS) is 1. The SMILES string of the molecule is C=CC(C)(Cc1cccc2cccnc12)C(=O)O. The molecule has 0 saturated heterocycles. The van der Waals surface area contributed by atoms with Gasteiger partial charge in [-0.05, 0) is 25.0 Å². The van der Waals surface area contributed by atoms with E-state index in [9.17, 15) is 9.90 Å². The van der Waals surface area contributed by atoms with Crippen LogP contribution in [0.5, 0.6) is 0 Å². The third-order valence-electron chi connectivity index (χ3n) is 3.21. The highest BCUT2D eigenvalue weighted by atomic mass is 16.4. The Morgan fingerprint density at radius 2 is 2.17 bits per heavy atom. The van der Waals surface area contributed by atoms with Gasteiger partial charge < -0.3 is 5.11 Å². The van der Waals surface area contributed by atoms with E-state index in [2.05, 4.69) is 11.6 Å². The number of hydrogen-bond acceptors (Lipinski definition) is 2. The monoisotopic (exact) mass is 241 g/mol. The molecule has 0 fully saturated rings. The molecule has 3 nitrogen and oxygen atoms in total. The Bertz CT molecular complexity index is 601. The highest BCUT2D eigenvalue weighted by Crippen LogP contribution is 2.27. The fourth-order valence-electron chi connectivity index (χ4n) is 1.94. The Morgan fingerprint density at radius 1 is 1.44 bits per heavy atom. The molecule has 1 unspecified atom stereocenters. The first-order chi connectivity index (χ1) is 8.57. The highest BCUT2D eigenvalue weighted by molar-refractivity contribution is 5.83. The van der Waals surface area contributed by atoms with E-state index in [0.717, 1.165) is 16.5 Å². The van der Waals surface area contributed by atoms with Crippen LogP contribution in [0.2, 0.25) is 0 Å². The Labute approximate surface area is 106 Å². The van der Waals surface area contributed by atoms with E-state index in [-0.39, 0.29) is 0 Å². The maximum atomic E-state index is 11.3. The summed E-state index contributed by atoms with van der Waals surface area (Å²) in [5, 5.41) is 10.3. The van der Waals surface area contributed by atoms with Crippen molar-refractivity contribution in [2.45, 2.75) is 13.3 Å². The zero-order valence-corrected chi connectivity index (χ0v) is 10.3. The molecule has 2 aromatic rings. The van der Waals surface area contributed by atoms with E-state index < -0.39 is 11.4 Å².